The van der Waals surface area contributed by atoms with Gasteiger partial charge in [-0.15, -0.1) is 0 Å². The van der Waals surface area contributed by atoms with E-state index in [4.69, 9.17) is 18.5 Å². The quantitative estimate of drug-likeness (QED) is 0.375. The van der Waals surface area contributed by atoms with E-state index in [1.54, 1.807) is 21.0 Å². The van der Waals surface area contributed by atoms with Gasteiger partial charge in [0.15, 0.2) is 0 Å². The van der Waals surface area contributed by atoms with Crippen LogP contribution in [0.4, 0.5) is 0 Å². The number of methoxy groups -OCH3 is 1. The Morgan fingerprint density at radius 1 is 1.20 bits per heavy atom. The summed E-state index contributed by atoms with van der Waals surface area (Å²) in [6.45, 7) is 4.45. The summed E-state index contributed by atoms with van der Waals surface area (Å²) in [5, 5.41) is 3.61. The van der Waals surface area contributed by atoms with Gasteiger partial charge in [0.1, 0.15) is 19.0 Å². The van der Waals surface area contributed by atoms with Crippen molar-refractivity contribution in [1.82, 2.24) is 14.6 Å². The van der Waals surface area contributed by atoms with Crippen LogP contribution in [0.2, 0.25) is 0 Å². The molecular formula is C20H32N3O6P. The smallest absolute Gasteiger partial charge is 0.407 e. The number of hydrogen-bond acceptors (Lipinski definition) is 7. The molecule has 2 rings (SSSR count). The fraction of sp³-hybridized carbons (Fsp3) is 0.550. The van der Waals surface area contributed by atoms with E-state index in [9.17, 15) is 9.36 Å². The molecule has 1 aromatic heterocycles. The summed E-state index contributed by atoms with van der Waals surface area (Å²) in [4.78, 5) is 13.7. The number of nitrogens with one attached hydrogen (secondary N) is 1. The number of nitrogens with zero attached hydrogens (tertiary/aromatic N) is 2. The molecule has 0 saturated carbocycles. The third kappa shape index (κ3) is 6.82. The lowest BCUT2D eigenvalue weighted by atomic mass is 10.1. The molecule has 168 valence electrons. The van der Waals surface area contributed by atoms with Crippen molar-refractivity contribution in [2.24, 2.45) is 0 Å². The van der Waals surface area contributed by atoms with E-state index in [0.717, 1.165) is 35.2 Å². The van der Waals surface area contributed by atoms with Crippen LogP contribution < -0.4 is 9.82 Å². The second kappa shape index (κ2) is 11.5. The van der Waals surface area contributed by atoms with Gasteiger partial charge in [-0.1, -0.05) is 0 Å². The molecule has 9 nitrogen and oxygen atoms in total. The van der Waals surface area contributed by atoms with Crippen molar-refractivity contribution < 1.29 is 27.9 Å². The molecule has 0 fully saturated rings. The zero-order chi connectivity index (χ0) is 22.1. The molecule has 0 aliphatic rings. The Hall–Kier alpha value is -1.90. The number of benzene rings is 1. The van der Waals surface area contributed by atoms with E-state index >= 15 is 0 Å². The van der Waals surface area contributed by atoms with Crippen LogP contribution in [0.25, 0.3) is 10.9 Å². The highest BCUT2D eigenvalue weighted by atomic mass is 31.2. The van der Waals surface area contributed by atoms with Crippen molar-refractivity contribution in [1.29, 1.82) is 0 Å². The van der Waals surface area contributed by atoms with Gasteiger partial charge in [-0.3, -0.25) is 13.8 Å². The number of ether oxygens (including phenoxy) is 2. The van der Waals surface area contributed by atoms with E-state index in [1.807, 2.05) is 43.1 Å². The van der Waals surface area contributed by atoms with Gasteiger partial charge in [-0.05, 0) is 58.1 Å². The fourth-order valence-electron chi connectivity index (χ4n) is 2.94. The summed E-state index contributed by atoms with van der Waals surface area (Å²) >= 11 is 0. The minimum atomic E-state index is -3.68. The maximum atomic E-state index is 13.0. The van der Waals surface area contributed by atoms with Crippen molar-refractivity contribution >= 4 is 24.6 Å². The summed E-state index contributed by atoms with van der Waals surface area (Å²) in [5.41, 5.74) is 2.06. The highest BCUT2D eigenvalue weighted by Crippen LogP contribution is 2.44. The molecule has 1 atom stereocenters. The van der Waals surface area contributed by atoms with Gasteiger partial charge in [0.25, 0.3) is 0 Å². The van der Waals surface area contributed by atoms with Crippen LogP contribution in [0.1, 0.15) is 19.4 Å². The Labute approximate surface area is 177 Å². The summed E-state index contributed by atoms with van der Waals surface area (Å²) in [7, 11) is 2.00. The summed E-state index contributed by atoms with van der Waals surface area (Å²) in [6.07, 6.45) is 2.82. The first-order chi connectivity index (χ1) is 14.3. The third-order valence-electron chi connectivity index (χ3n) is 4.39. The maximum Gasteiger partial charge on any atom is 0.407 e. The SMILES string of the molecule is CCOC(=O)CNP(=O)(OCC)OCn1cc(CCN(C)C)c2cc(OC)ccc21. The standard InChI is InChI=1S/C20H32N3O6P/c1-6-27-20(24)13-21-30(25,28-7-2)29-15-23-14-16(10-11-22(3)4)18-12-17(26-5)8-9-19(18)23/h8-9,12,14H,6-7,10-11,13,15H2,1-5H3,(H,21,25). The van der Waals surface area contributed by atoms with E-state index in [1.165, 1.54) is 0 Å². The molecule has 0 spiro atoms. The Balaban J connectivity index is 2.21. The van der Waals surface area contributed by atoms with E-state index in [0.29, 0.717) is 0 Å². The molecule has 1 aromatic carbocycles. The first-order valence-electron chi connectivity index (χ1n) is 9.92. The molecule has 0 amide bonds. The van der Waals surface area contributed by atoms with E-state index < -0.39 is 13.7 Å². The molecule has 10 heteroatoms. The number of esters is 1. The second-order valence-electron chi connectivity index (χ2n) is 6.87. The number of carbonyl (C=O) groups excluding carboxylic acids is 1. The lowest BCUT2D eigenvalue weighted by Gasteiger charge is -2.19. The van der Waals surface area contributed by atoms with Crippen LogP contribution in [-0.2, 0) is 36.3 Å². The highest BCUT2D eigenvalue weighted by molar-refractivity contribution is 7.51. The lowest BCUT2D eigenvalue weighted by Crippen LogP contribution is -2.24. The second-order valence-corrected chi connectivity index (χ2v) is 8.70. The lowest BCUT2D eigenvalue weighted by molar-refractivity contribution is -0.141. The number of rotatable bonds is 13. The van der Waals surface area contributed by atoms with Gasteiger partial charge < -0.3 is 18.9 Å². The van der Waals surface area contributed by atoms with Crippen molar-refractivity contribution in [2.45, 2.75) is 27.0 Å². The number of fused-ring (bicyclic) bond motifs is 1. The molecule has 0 saturated heterocycles. The van der Waals surface area contributed by atoms with Crippen molar-refractivity contribution in [3.05, 3.63) is 30.0 Å². The minimum absolute atomic E-state index is 0.00209. The van der Waals surface area contributed by atoms with Gasteiger partial charge in [-0.2, -0.15) is 0 Å². The summed E-state index contributed by atoms with van der Waals surface area (Å²) < 4.78 is 36.0. The molecule has 1 heterocycles. The van der Waals surface area contributed by atoms with Crippen molar-refractivity contribution in [3.63, 3.8) is 0 Å². The molecular weight excluding hydrogens is 409 g/mol. The van der Waals surface area contributed by atoms with Gasteiger partial charge in [0.2, 0.25) is 0 Å². The largest absolute Gasteiger partial charge is 0.497 e. The monoisotopic (exact) mass is 441 g/mol. The van der Waals surface area contributed by atoms with E-state index in [-0.39, 0.29) is 26.5 Å². The molecule has 0 aliphatic carbocycles. The topological polar surface area (TPSA) is 91.3 Å². The third-order valence-corrected chi connectivity index (χ3v) is 5.99. The number of likely N-dealkylation sites (N-methyl/N-ethyl adjacent to an activating group) is 1. The van der Waals surface area contributed by atoms with Crippen LogP contribution in [0.5, 0.6) is 5.75 Å². The number of carbonyl (C=O) groups is 1. The molecule has 30 heavy (non-hydrogen) atoms. The number of aromatic nitrogens is 1. The molecule has 0 bridgehead atoms. The molecule has 1 unspecified atom stereocenters. The Bertz CT molecular complexity index is 883. The Kier molecular flexibility index (Phi) is 9.33. The Morgan fingerprint density at radius 3 is 2.60 bits per heavy atom. The normalized spacial score (nSPS) is 13.5. The first-order valence-corrected chi connectivity index (χ1v) is 11.5. The predicted octanol–water partition coefficient (Wildman–Crippen LogP) is 3.03. The molecule has 0 aliphatic heterocycles. The average Bonchev–Trinajstić information content (AvgIpc) is 3.07. The van der Waals surface area contributed by atoms with Crippen LogP contribution >= 0.6 is 7.75 Å². The molecule has 1 N–H and O–H groups in total. The van der Waals surface area contributed by atoms with Gasteiger partial charge in [-0.25, -0.2) is 9.65 Å². The van der Waals surface area contributed by atoms with Crippen LogP contribution in [0.3, 0.4) is 0 Å². The summed E-state index contributed by atoms with van der Waals surface area (Å²) in [5.74, 6) is 0.244. The van der Waals surface area contributed by atoms with Gasteiger partial charge in [0, 0.05) is 18.1 Å². The molecule has 0 radical (unpaired) electrons. The summed E-state index contributed by atoms with van der Waals surface area (Å²) in [6, 6.07) is 5.79. The zero-order valence-corrected chi connectivity index (χ0v) is 19.2. The van der Waals surface area contributed by atoms with Gasteiger partial charge >= 0.3 is 13.7 Å². The Morgan fingerprint density at radius 2 is 1.97 bits per heavy atom. The highest BCUT2D eigenvalue weighted by Gasteiger charge is 2.26. The number of hydrogen-bond donors (Lipinski definition) is 1. The van der Waals surface area contributed by atoms with Crippen LogP contribution in [0.15, 0.2) is 24.4 Å². The fourth-order valence-corrected chi connectivity index (χ4v) is 4.13. The van der Waals surface area contributed by atoms with Crippen molar-refractivity contribution in [3.8, 4) is 5.75 Å². The van der Waals surface area contributed by atoms with Gasteiger partial charge in [0.05, 0.1) is 25.8 Å². The van der Waals surface area contributed by atoms with E-state index in [2.05, 4.69) is 9.99 Å². The average molecular weight is 441 g/mol. The van der Waals surface area contributed by atoms with Crippen molar-refractivity contribution in [2.75, 3.05) is 47.5 Å². The van der Waals surface area contributed by atoms with Crippen LogP contribution in [0, 0.1) is 0 Å². The molecule has 2 aromatic rings. The zero-order valence-electron chi connectivity index (χ0n) is 18.3. The maximum absolute atomic E-state index is 13.0. The minimum Gasteiger partial charge on any atom is -0.497 e. The first kappa shape index (κ1) is 24.4. The van der Waals surface area contributed by atoms with Crippen LogP contribution in [-0.4, -0.2) is 62.9 Å². The predicted molar refractivity (Wildman–Crippen MR) is 116 cm³/mol.